The van der Waals surface area contributed by atoms with Gasteiger partial charge in [-0.1, -0.05) is 50.6 Å². The standard InChI is InChI=1S/C18H28N2O3S/c1-3-7-16(2)15-24(22,23)20-12-10-19(11-13-20)18(21)14-17-8-5-4-6-9-17/h4-6,8-9,16H,3,7,10-15H2,1-2H3. The second-order valence-electron chi connectivity index (χ2n) is 6.61. The molecule has 24 heavy (non-hydrogen) atoms. The Bertz CT molecular complexity index is 623. The molecule has 1 heterocycles. The first-order valence-electron chi connectivity index (χ1n) is 8.72. The maximum Gasteiger partial charge on any atom is 0.227 e. The largest absolute Gasteiger partial charge is 0.340 e. The molecule has 2 rings (SSSR count). The van der Waals surface area contributed by atoms with Crippen molar-refractivity contribution in [2.45, 2.75) is 33.1 Å². The van der Waals surface area contributed by atoms with Gasteiger partial charge in [0.25, 0.3) is 0 Å². The Labute approximate surface area is 145 Å². The molecule has 1 fully saturated rings. The lowest BCUT2D eigenvalue weighted by atomic mass is 10.1. The molecule has 134 valence electrons. The first kappa shape index (κ1) is 18.9. The number of carbonyl (C=O) groups excluding carboxylic acids is 1. The minimum atomic E-state index is -3.22. The SMILES string of the molecule is CCCC(C)CS(=O)(=O)N1CCN(C(=O)Cc2ccccc2)CC1. The maximum absolute atomic E-state index is 12.5. The Balaban J connectivity index is 1.85. The molecule has 1 aliphatic rings. The number of rotatable bonds is 7. The van der Waals surface area contributed by atoms with Gasteiger partial charge in [-0.25, -0.2) is 8.42 Å². The lowest BCUT2D eigenvalue weighted by Gasteiger charge is -2.34. The summed E-state index contributed by atoms with van der Waals surface area (Å²) < 4.78 is 26.5. The average molecular weight is 353 g/mol. The molecule has 1 aromatic carbocycles. The summed E-state index contributed by atoms with van der Waals surface area (Å²) >= 11 is 0. The van der Waals surface area contributed by atoms with Gasteiger partial charge in [-0.05, 0) is 17.9 Å². The van der Waals surface area contributed by atoms with Gasteiger partial charge in [-0.3, -0.25) is 4.79 Å². The second kappa shape index (κ2) is 8.62. The highest BCUT2D eigenvalue weighted by atomic mass is 32.2. The summed E-state index contributed by atoms with van der Waals surface area (Å²) in [7, 11) is -3.22. The zero-order valence-electron chi connectivity index (χ0n) is 14.6. The van der Waals surface area contributed by atoms with Crippen LogP contribution in [0.3, 0.4) is 0 Å². The van der Waals surface area contributed by atoms with E-state index in [0.717, 1.165) is 18.4 Å². The topological polar surface area (TPSA) is 57.7 Å². The molecule has 1 atom stereocenters. The number of sulfonamides is 1. The van der Waals surface area contributed by atoms with Crippen molar-refractivity contribution in [2.75, 3.05) is 31.9 Å². The summed E-state index contributed by atoms with van der Waals surface area (Å²) in [5.74, 6) is 0.453. The van der Waals surface area contributed by atoms with E-state index < -0.39 is 10.0 Å². The van der Waals surface area contributed by atoms with Gasteiger partial charge in [0.1, 0.15) is 0 Å². The zero-order valence-corrected chi connectivity index (χ0v) is 15.5. The van der Waals surface area contributed by atoms with Crippen LogP contribution in [-0.2, 0) is 21.2 Å². The molecule has 1 saturated heterocycles. The van der Waals surface area contributed by atoms with Crippen LogP contribution in [0.25, 0.3) is 0 Å². The van der Waals surface area contributed by atoms with Crippen LogP contribution >= 0.6 is 0 Å². The van der Waals surface area contributed by atoms with E-state index in [1.165, 1.54) is 0 Å². The quantitative estimate of drug-likeness (QED) is 0.755. The van der Waals surface area contributed by atoms with E-state index in [-0.39, 0.29) is 17.6 Å². The molecule has 0 radical (unpaired) electrons. The number of hydrogen-bond acceptors (Lipinski definition) is 3. The highest BCUT2D eigenvalue weighted by Crippen LogP contribution is 2.15. The van der Waals surface area contributed by atoms with E-state index in [0.29, 0.717) is 32.6 Å². The normalized spacial score (nSPS) is 17.7. The minimum absolute atomic E-state index is 0.0672. The molecule has 0 saturated carbocycles. The fraction of sp³-hybridized carbons (Fsp3) is 0.611. The van der Waals surface area contributed by atoms with Crippen molar-refractivity contribution in [3.05, 3.63) is 35.9 Å². The average Bonchev–Trinajstić information content (AvgIpc) is 2.55. The Morgan fingerprint density at radius 2 is 1.75 bits per heavy atom. The monoisotopic (exact) mass is 352 g/mol. The van der Waals surface area contributed by atoms with Gasteiger partial charge in [0, 0.05) is 26.2 Å². The van der Waals surface area contributed by atoms with E-state index in [1.54, 1.807) is 9.21 Å². The molecule has 1 aromatic rings. The Hall–Kier alpha value is -1.40. The van der Waals surface area contributed by atoms with E-state index >= 15 is 0 Å². The number of benzene rings is 1. The first-order valence-corrected chi connectivity index (χ1v) is 10.3. The summed E-state index contributed by atoms with van der Waals surface area (Å²) in [5, 5.41) is 0. The molecule has 1 aliphatic heterocycles. The van der Waals surface area contributed by atoms with Gasteiger partial charge in [-0.2, -0.15) is 4.31 Å². The maximum atomic E-state index is 12.5. The lowest BCUT2D eigenvalue weighted by molar-refractivity contribution is -0.131. The van der Waals surface area contributed by atoms with Crippen LogP contribution in [0.4, 0.5) is 0 Å². The van der Waals surface area contributed by atoms with Crippen molar-refractivity contribution in [3.63, 3.8) is 0 Å². The molecule has 0 bridgehead atoms. The molecule has 5 nitrogen and oxygen atoms in total. The number of hydrogen-bond donors (Lipinski definition) is 0. The third-order valence-electron chi connectivity index (χ3n) is 4.46. The smallest absolute Gasteiger partial charge is 0.227 e. The molecule has 1 unspecified atom stereocenters. The number of amides is 1. The first-order chi connectivity index (χ1) is 11.4. The van der Waals surface area contributed by atoms with Crippen molar-refractivity contribution >= 4 is 15.9 Å². The molecule has 0 spiro atoms. The van der Waals surface area contributed by atoms with Crippen LogP contribution in [0.1, 0.15) is 32.3 Å². The predicted molar refractivity (Wildman–Crippen MR) is 96.2 cm³/mol. The van der Waals surface area contributed by atoms with Crippen molar-refractivity contribution in [1.29, 1.82) is 0 Å². The van der Waals surface area contributed by atoms with Crippen LogP contribution < -0.4 is 0 Å². The highest BCUT2D eigenvalue weighted by Gasteiger charge is 2.29. The van der Waals surface area contributed by atoms with Crippen LogP contribution in [0, 0.1) is 5.92 Å². The van der Waals surface area contributed by atoms with Crippen LogP contribution in [0.15, 0.2) is 30.3 Å². The summed E-state index contributed by atoms with van der Waals surface area (Å²) in [6, 6.07) is 9.65. The molecule has 6 heteroatoms. The number of carbonyl (C=O) groups is 1. The summed E-state index contributed by atoms with van der Waals surface area (Å²) in [6.07, 6.45) is 2.30. The summed E-state index contributed by atoms with van der Waals surface area (Å²) in [5.41, 5.74) is 0.992. The molecule has 0 aliphatic carbocycles. The van der Waals surface area contributed by atoms with Crippen molar-refractivity contribution in [3.8, 4) is 0 Å². The number of nitrogens with zero attached hydrogens (tertiary/aromatic N) is 2. The van der Waals surface area contributed by atoms with Gasteiger partial charge in [0.05, 0.1) is 12.2 Å². The Morgan fingerprint density at radius 1 is 1.12 bits per heavy atom. The summed E-state index contributed by atoms with van der Waals surface area (Å²) in [4.78, 5) is 14.1. The van der Waals surface area contributed by atoms with Gasteiger partial charge < -0.3 is 4.90 Å². The fourth-order valence-corrected chi connectivity index (χ4v) is 4.96. The predicted octanol–water partition coefficient (Wildman–Crippen LogP) is 2.14. The zero-order chi connectivity index (χ0) is 17.6. The van der Waals surface area contributed by atoms with E-state index in [1.807, 2.05) is 37.3 Å². The molecule has 0 N–H and O–H groups in total. The minimum Gasteiger partial charge on any atom is -0.340 e. The Morgan fingerprint density at radius 3 is 2.33 bits per heavy atom. The second-order valence-corrected chi connectivity index (χ2v) is 8.63. The fourth-order valence-electron chi connectivity index (χ4n) is 3.14. The van der Waals surface area contributed by atoms with E-state index in [4.69, 9.17) is 0 Å². The van der Waals surface area contributed by atoms with Crippen molar-refractivity contribution in [1.82, 2.24) is 9.21 Å². The van der Waals surface area contributed by atoms with E-state index in [2.05, 4.69) is 6.92 Å². The third-order valence-corrected chi connectivity index (χ3v) is 6.60. The van der Waals surface area contributed by atoms with Gasteiger partial charge in [0.15, 0.2) is 0 Å². The highest BCUT2D eigenvalue weighted by molar-refractivity contribution is 7.89. The summed E-state index contributed by atoms with van der Waals surface area (Å²) in [6.45, 7) is 5.82. The third kappa shape index (κ3) is 5.31. The molecular weight excluding hydrogens is 324 g/mol. The number of piperazine rings is 1. The van der Waals surface area contributed by atoms with Crippen LogP contribution in [-0.4, -0.2) is 55.5 Å². The Kier molecular flexibility index (Phi) is 6.80. The van der Waals surface area contributed by atoms with Gasteiger partial charge in [0.2, 0.25) is 15.9 Å². The lowest BCUT2D eigenvalue weighted by Crippen LogP contribution is -2.51. The van der Waals surface area contributed by atoms with Gasteiger partial charge in [-0.15, -0.1) is 0 Å². The molecular formula is C18H28N2O3S. The van der Waals surface area contributed by atoms with Gasteiger partial charge >= 0.3 is 0 Å². The van der Waals surface area contributed by atoms with E-state index in [9.17, 15) is 13.2 Å². The van der Waals surface area contributed by atoms with Crippen LogP contribution in [0.2, 0.25) is 0 Å². The molecule has 0 aromatic heterocycles. The molecule has 1 amide bonds. The van der Waals surface area contributed by atoms with Crippen molar-refractivity contribution in [2.24, 2.45) is 5.92 Å². The van der Waals surface area contributed by atoms with Crippen LogP contribution in [0.5, 0.6) is 0 Å². The van der Waals surface area contributed by atoms with Crippen molar-refractivity contribution < 1.29 is 13.2 Å².